The Kier molecular flexibility index (Phi) is 6.27. The third-order valence-corrected chi connectivity index (χ3v) is 6.74. The van der Waals surface area contributed by atoms with Gasteiger partial charge in [-0.3, -0.25) is 0 Å². The number of methoxy groups -OCH3 is 1. The molecular formula is C21H29N3O3S. The summed E-state index contributed by atoms with van der Waals surface area (Å²) >= 11 is 0. The van der Waals surface area contributed by atoms with Crippen LogP contribution in [0.2, 0.25) is 0 Å². The maximum absolute atomic E-state index is 12.7. The second-order valence-electron chi connectivity index (χ2n) is 7.42. The fourth-order valence-electron chi connectivity index (χ4n) is 3.64. The molecule has 1 aliphatic rings. The maximum Gasteiger partial charge on any atom is 0.240 e. The highest BCUT2D eigenvalue weighted by Crippen LogP contribution is 2.30. The molecule has 0 spiro atoms. The van der Waals surface area contributed by atoms with E-state index in [4.69, 9.17) is 4.74 Å². The lowest BCUT2D eigenvalue weighted by Gasteiger charge is -2.30. The lowest BCUT2D eigenvalue weighted by Crippen LogP contribution is -2.34. The molecule has 0 bridgehead atoms. The zero-order chi connectivity index (χ0) is 20.3. The van der Waals surface area contributed by atoms with Crippen molar-refractivity contribution >= 4 is 15.7 Å². The Morgan fingerprint density at radius 2 is 1.89 bits per heavy atom. The third kappa shape index (κ3) is 4.48. The SMILES string of the molecule is COc1ccc(S(=O)(=O)NC[C@@H](c2ccc3c(c2)CCCN3C)N(C)C)cc1. The molecule has 2 aromatic carbocycles. The zero-order valence-electron chi connectivity index (χ0n) is 17.0. The van der Waals surface area contributed by atoms with Gasteiger partial charge < -0.3 is 14.5 Å². The van der Waals surface area contributed by atoms with E-state index in [-0.39, 0.29) is 10.9 Å². The van der Waals surface area contributed by atoms with E-state index in [0.29, 0.717) is 12.3 Å². The Hall–Kier alpha value is -2.09. The molecule has 0 radical (unpaired) electrons. The van der Waals surface area contributed by atoms with Gasteiger partial charge in [0.1, 0.15) is 5.75 Å². The average molecular weight is 404 g/mol. The molecule has 1 atom stereocenters. The number of aryl methyl sites for hydroxylation is 1. The van der Waals surface area contributed by atoms with Crippen molar-refractivity contribution in [2.24, 2.45) is 0 Å². The van der Waals surface area contributed by atoms with Crippen molar-refractivity contribution in [2.45, 2.75) is 23.8 Å². The van der Waals surface area contributed by atoms with Crippen molar-refractivity contribution in [1.29, 1.82) is 0 Å². The molecule has 6 nitrogen and oxygen atoms in total. The number of sulfonamides is 1. The predicted molar refractivity (Wildman–Crippen MR) is 113 cm³/mol. The van der Waals surface area contributed by atoms with Crippen LogP contribution < -0.4 is 14.4 Å². The highest BCUT2D eigenvalue weighted by molar-refractivity contribution is 7.89. The van der Waals surface area contributed by atoms with Gasteiger partial charge >= 0.3 is 0 Å². The van der Waals surface area contributed by atoms with E-state index < -0.39 is 10.0 Å². The van der Waals surface area contributed by atoms with Gasteiger partial charge in [-0.05, 0) is 68.4 Å². The first kappa shape index (κ1) is 20.6. The minimum atomic E-state index is -3.59. The number of hydrogen-bond acceptors (Lipinski definition) is 5. The second-order valence-corrected chi connectivity index (χ2v) is 9.19. The number of fused-ring (bicyclic) bond motifs is 1. The molecule has 2 aromatic rings. The van der Waals surface area contributed by atoms with Gasteiger partial charge in [0.05, 0.1) is 12.0 Å². The fourth-order valence-corrected chi connectivity index (χ4v) is 4.68. The number of ether oxygens (including phenoxy) is 1. The Bertz CT molecular complexity index is 911. The van der Waals surface area contributed by atoms with Gasteiger partial charge in [-0.15, -0.1) is 0 Å². The summed E-state index contributed by atoms with van der Waals surface area (Å²) in [6.45, 7) is 1.38. The van der Waals surface area contributed by atoms with Crippen LogP contribution in [0.5, 0.6) is 5.75 Å². The molecule has 0 aliphatic carbocycles. The first-order valence-electron chi connectivity index (χ1n) is 9.46. The van der Waals surface area contributed by atoms with Crippen LogP contribution in [0.3, 0.4) is 0 Å². The molecule has 3 rings (SSSR count). The van der Waals surface area contributed by atoms with Crippen molar-refractivity contribution in [3.05, 3.63) is 53.6 Å². The van der Waals surface area contributed by atoms with Crippen LogP contribution in [0.1, 0.15) is 23.6 Å². The van der Waals surface area contributed by atoms with Crippen LogP contribution in [0.15, 0.2) is 47.4 Å². The first-order valence-corrected chi connectivity index (χ1v) is 10.9. The molecule has 152 valence electrons. The summed E-state index contributed by atoms with van der Waals surface area (Å²) in [5.74, 6) is 0.629. The van der Waals surface area contributed by atoms with Crippen molar-refractivity contribution in [1.82, 2.24) is 9.62 Å². The monoisotopic (exact) mass is 403 g/mol. The van der Waals surface area contributed by atoms with Crippen LogP contribution in [-0.4, -0.2) is 54.7 Å². The number of hydrogen-bond donors (Lipinski definition) is 1. The van der Waals surface area contributed by atoms with E-state index in [1.54, 1.807) is 31.4 Å². The van der Waals surface area contributed by atoms with Crippen LogP contribution in [0.25, 0.3) is 0 Å². The second kappa shape index (κ2) is 8.51. The number of anilines is 1. The van der Waals surface area contributed by atoms with Gasteiger partial charge in [0.15, 0.2) is 0 Å². The standard InChI is InChI=1S/C21H29N3O3S/c1-23(2)21(17-7-12-20-16(14-17)6-5-13-24(20)3)15-22-28(25,26)19-10-8-18(27-4)9-11-19/h7-12,14,21-22H,5-6,13,15H2,1-4H3/t21-/m0/s1. The molecular weight excluding hydrogens is 374 g/mol. The van der Waals surface area contributed by atoms with Crippen LogP contribution in [0, 0.1) is 0 Å². The van der Waals surface area contributed by atoms with Gasteiger partial charge in [0.25, 0.3) is 0 Å². The van der Waals surface area contributed by atoms with E-state index >= 15 is 0 Å². The molecule has 0 saturated carbocycles. The molecule has 7 heteroatoms. The molecule has 0 fully saturated rings. The topological polar surface area (TPSA) is 61.9 Å². The first-order chi connectivity index (χ1) is 13.3. The highest BCUT2D eigenvalue weighted by Gasteiger charge is 2.22. The Morgan fingerprint density at radius 3 is 2.54 bits per heavy atom. The van der Waals surface area contributed by atoms with Crippen LogP contribution in [0.4, 0.5) is 5.69 Å². The van der Waals surface area contributed by atoms with Gasteiger partial charge in [-0.25, -0.2) is 13.1 Å². The summed E-state index contributed by atoms with van der Waals surface area (Å²) in [6, 6.07) is 12.8. The van der Waals surface area contributed by atoms with E-state index in [0.717, 1.165) is 24.9 Å². The molecule has 0 aromatic heterocycles. The molecule has 1 N–H and O–H groups in total. The average Bonchev–Trinajstić information content (AvgIpc) is 2.68. The summed E-state index contributed by atoms with van der Waals surface area (Å²) in [5.41, 5.74) is 3.72. The molecule has 0 saturated heterocycles. The Labute approximate surface area is 168 Å². The summed E-state index contributed by atoms with van der Waals surface area (Å²) in [5, 5.41) is 0. The van der Waals surface area contributed by atoms with Gasteiger partial charge in [-0.1, -0.05) is 12.1 Å². The third-order valence-electron chi connectivity index (χ3n) is 5.30. The molecule has 1 heterocycles. The predicted octanol–water partition coefficient (Wildman–Crippen LogP) is 2.66. The maximum atomic E-state index is 12.7. The fraction of sp³-hybridized carbons (Fsp3) is 0.429. The number of benzene rings is 2. The van der Waals surface area contributed by atoms with Crippen LogP contribution in [-0.2, 0) is 16.4 Å². The van der Waals surface area contributed by atoms with Crippen molar-refractivity contribution in [2.75, 3.05) is 46.2 Å². The van der Waals surface area contributed by atoms with Crippen LogP contribution >= 0.6 is 0 Å². The summed E-state index contributed by atoms with van der Waals surface area (Å²) in [6.07, 6.45) is 2.20. The minimum absolute atomic E-state index is 0.0504. The Balaban J connectivity index is 1.78. The highest BCUT2D eigenvalue weighted by atomic mass is 32.2. The smallest absolute Gasteiger partial charge is 0.240 e. The summed E-state index contributed by atoms with van der Waals surface area (Å²) in [7, 11) is 4.02. The van der Waals surface area contributed by atoms with Gasteiger partial charge in [-0.2, -0.15) is 0 Å². The molecule has 28 heavy (non-hydrogen) atoms. The lowest BCUT2D eigenvalue weighted by molar-refractivity contribution is 0.299. The number of nitrogens with one attached hydrogen (secondary N) is 1. The molecule has 0 amide bonds. The molecule has 0 unspecified atom stereocenters. The quantitative estimate of drug-likeness (QED) is 0.770. The number of likely N-dealkylation sites (N-methyl/N-ethyl adjacent to an activating group) is 1. The van der Waals surface area contributed by atoms with E-state index in [1.807, 2.05) is 19.0 Å². The lowest BCUT2D eigenvalue weighted by atomic mass is 9.96. The number of nitrogens with zero attached hydrogens (tertiary/aromatic N) is 2. The number of rotatable bonds is 7. The van der Waals surface area contributed by atoms with E-state index in [1.165, 1.54) is 11.3 Å². The van der Waals surface area contributed by atoms with Gasteiger partial charge in [0, 0.05) is 31.9 Å². The minimum Gasteiger partial charge on any atom is -0.497 e. The van der Waals surface area contributed by atoms with E-state index in [2.05, 4.69) is 34.9 Å². The largest absolute Gasteiger partial charge is 0.497 e. The van der Waals surface area contributed by atoms with Crippen molar-refractivity contribution in [3.8, 4) is 5.75 Å². The summed E-state index contributed by atoms with van der Waals surface area (Å²) in [4.78, 5) is 4.56. The van der Waals surface area contributed by atoms with Gasteiger partial charge in [0.2, 0.25) is 10.0 Å². The summed E-state index contributed by atoms with van der Waals surface area (Å²) < 4.78 is 33.2. The normalized spacial score (nSPS) is 15.4. The van der Waals surface area contributed by atoms with E-state index in [9.17, 15) is 8.42 Å². The van der Waals surface area contributed by atoms with Crippen molar-refractivity contribution in [3.63, 3.8) is 0 Å². The molecule has 1 aliphatic heterocycles. The van der Waals surface area contributed by atoms with Crippen molar-refractivity contribution < 1.29 is 13.2 Å². The zero-order valence-corrected chi connectivity index (χ0v) is 17.8. The Morgan fingerprint density at radius 1 is 1.18 bits per heavy atom.